The summed E-state index contributed by atoms with van der Waals surface area (Å²) in [6.07, 6.45) is 4.90. The van der Waals surface area contributed by atoms with E-state index in [2.05, 4.69) is 23.9 Å². The molecule has 0 atom stereocenters. The van der Waals surface area contributed by atoms with Crippen molar-refractivity contribution in [1.29, 1.82) is 0 Å². The molecule has 1 fully saturated rings. The number of nitrogens with zero attached hydrogens (tertiary/aromatic N) is 2. The number of pyridine rings is 1. The Balaban J connectivity index is 1.99. The number of rotatable bonds is 7. The van der Waals surface area contributed by atoms with Crippen LogP contribution in [0.4, 0.5) is 11.5 Å². The molecule has 0 unspecified atom stereocenters. The van der Waals surface area contributed by atoms with Crippen molar-refractivity contribution in [1.82, 2.24) is 4.98 Å². The molecule has 1 aromatic rings. The van der Waals surface area contributed by atoms with Gasteiger partial charge in [0.05, 0.1) is 12.3 Å². The second-order valence-corrected chi connectivity index (χ2v) is 5.09. The third-order valence-corrected chi connectivity index (χ3v) is 3.27. The van der Waals surface area contributed by atoms with Gasteiger partial charge < -0.3 is 15.4 Å². The van der Waals surface area contributed by atoms with Gasteiger partial charge in [-0.3, -0.25) is 0 Å². The Labute approximate surface area is 109 Å². The fourth-order valence-electron chi connectivity index (χ4n) is 1.76. The summed E-state index contributed by atoms with van der Waals surface area (Å²) in [5.74, 6) is 2.24. The summed E-state index contributed by atoms with van der Waals surface area (Å²) in [7, 11) is 2.05. The zero-order valence-corrected chi connectivity index (χ0v) is 11.4. The van der Waals surface area contributed by atoms with E-state index in [9.17, 15) is 0 Å². The number of hydrogen-bond acceptors (Lipinski definition) is 4. The van der Waals surface area contributed by atoms with E-state index < -0.39 is 0 Å². The summed E-state index contributed by atoms with van der Waals surface area (Å²) in [6, 6.07) is 3.84. The first-order valence-electron chi connectivity index (χ1n) is 6.81. The van der Waals surface area contributed by atoms with Crippen molar-refractivity contribution in [2.24, 2.45) is 5.92 Å². The van der Waals surface area contributed by atoms with Crippen LogP contribution >= 0.6 is 0 Å². The normalized spacial score (nSPS) is 14.6. The first-order valence-corrected chi connectivity index (χ1v) is 6.81. The number of unbranched alkanes of at least 4 members (excludes halogenated alkanes) is 1. The zero-order chi connectivity index (χ0) is 13.0. The number of aromatic nitrogens is 1. The summed E-state index contributed by atoms with van der Waals surface area (Å²) in [5, 5.41) is 0. The summed E-state index contributed by atoms with van der Waals surface area (Å²) in [4.78, 5) is 6.65. The van der Waals surface area contributed by atoms with Gasteiger partial charge in [-0.25, -0.2) is 0 Å². The Hall–Kier alpha value is -1.45. The van der Waals surface area contributed by atoms with E-state index >= 15 is 0 Å². The molecule has 2 N–H and O–H groups in total. The first-order chi connectivity index (χ1) is 8.70. The average Bonchev–Trinajstić information content (AvgIpc) is 3.19. The molecule has 1 aliphatic rings. The number of nitrogens with two attached hydrogens (primary N) is 1. The van der Waals surface area contributed by atoms with Crippen LogP contribution in [-0.4, -0.2) is 25.2 Å². The van der Waals surface area contributed by atoms with E-state index in [1.54, 1.807) is 0 Å². The lowest BCUT2D eigenvalue weighted by Gasteiger charge is -2.19. The molecule has 4 heteroatoms. The summed E-state index contributed by atoms with van der Waals surface area (Å²) >= 11 is 0. The zero-order valence-electron chi connectivity index (χ0n) is 11.4. The predicted octanol–water partition coefficient (Wildman–Crippen LogP) is 2.69. The van der Waals surface area contributed by atoms with Crippen LogP contribution in [0.1, 0.15) is 32.6 Å². The molecule has 2 rings (SSSR count). The van der Waals surface area contributed by atoms with Crippen molar-refractivity contribution in [3.63, 3.8) is 0 Å². The molecule has 0 amide bonds. The molecule has 0 aromatic carbocycles. The predicted molar refractivity (Wildman–Crippen MR) is 75.0 cm³/mol. The number of anilines is 2. The second-order valence-electron chi connectivity index (χ2n) is 5.09. The van der Waals surface area contributed by atoms with Gasteiger partial charge in [0.25, 0.3) is 0 Å². The number of hydrogen-bond donors (Lipinski definition) is 1. The average molecular weight is 249 g/mol. The van der Waals surface area contributed by atoms with Gasteiger partial charge in [0, 0.05) is 13.6 Å². The minimum Gasteiger partial charge on any atom is -0.476 e. The van der Waals surface area contributed by atoms with E-state index in [1.807, 2.05) is 12.1 Å². The standard InChI is InChI=1S/C14H23N3O/c1-3-4-9-17(2)13-8-7-12(15)14(16-13)18-10-11-5-6-11/h7-8,11H,3-6,9-10,15H2,1-2H3. The largest absolute Gasteiger partial charge is 0.476 e. The second kappa shape index (κ2) is 5.94. The molecule has 4 nitrogen and oxygen atoms in total. The van der Waals surface area contributed by atoms with Crippen molar-refractivity contribution >= 4 is 11.5 Å². The fraction of sp³-hybridized carbons (Fsp3) is 0.643. The highest BCUT2D eigenvalue weighted by molar-refractivity contribution is 5.54. The minimum atomic E-state index is 0.586. The summed E-state index contributed by atoms with van der Waals surface area (Å²) < 4.78 is 5.69. The van der Waals surface area contributed by atoms with E-state index in [1.165, 1.54) is 25.7 Å². The third-order valence-electron chi connectivity index (χ3n) is 3.27. The van der Waals surface area contributed by atoms with Crippen LogP contribution in [0.2, 0.25) is 0 Å². The fourth-order valence-corrected chi connectivity index (χ4v) is 1.76. The van der Waals surface area contributed by atoms with E-state index in [0.717, 1.165) is 19.0 Å². The van der Waals surface area contributed by atoms with Crippen LogP contribution in [-0.2, 0) is 0 Å². The number of nitrogen functional groups attached to an aromatic ring is 1. The molecule has 1 saturated carbocycles. The highest BCUT2D eigenvalue weighted by Gasteiger charge is 2.22. The third kappa shape index (κ3) is 3.52. The Kier molecular flexibility index (Phi) is 4.28. The Morgan fingerprint density at radius 3 is 2.89 bits per heavy atom. The molecule has 0 aliphatic heterocycles. The van der Waals surface area contributed by atoms with Gasteiger partial charge in [-0.15, -0.1) is 0 Å². The first kappa shape index (κ1) is 13.0. The highest BCUT2D eigenvalue weighted by Crippen LogP contribution is 2.31. The van der Waals surface area contributed by atoms with Crippen molar-refractivity contribution in [3.05, 3.63) is 12.1 Å². The van der Waals surface area contributed by atoms with Crippen LogP contribution in [0, 0.1) is 5.92 Å². The van der Waals surface area contributed by atoms with E-state index in [4.69, 9.17) is 10.5 Å². The van der Waals surface area contributed by atoms with Crippen LogP contribution < -0.4 is 15.4 Å². The van der Waals surface area contributed by atoms with Gasteiger partial charge >= 0.3 is 0 Å². The van der Waals surface area contributed by atoms with Gasteiger partial charge in [-0.1, -0.05) is 13.3 Å². The SMILES string of the molecule is CCCCN(C)c1ccc(N)c(OCC2CC2)n1. The smallest absolute Gasteiger partial charge is 0.239 e. The summed E-state index contributed by atoms with van der Waals surface area (Å²) in [6.45, 7) is 3.95. The van der Waals surface area contributed by atoms with Crippen LogP contribution in [0.25, 0.3) is 0 Å². The molecule has 1 heterocycles. The topological polar surface area (TPSA) is 51.4 Å². The van der Waals surface area contributed by atoms with Crippen molar-refractivity contribution < 1.29 is 4.74 Å². The molecule has 1 aromatic heterocycles. The minimum absolute atomic E-state index is 0.586. The maximum absolute atomic E-state index is 5.89. The molecule has 0 saturated heterocycles. The van der Waals surface area contributed by atoms with E-state index in [0.29, 0.717) is 17.5 Å². The summed E-state index contributed by atoms with van der Waals surface area (Å²) in [5.41, 5.74) is 6.52. The van der Waals surface area contributed by atoms with Crippen LogP contribution in [0.5, 0.6) is 5.88 Å². The van der Waals surface area contributed by atoms with Crippen molar-refractivity contribution in [3.8, 4) is 5.88 Å². The lowest BCUT2D eigenvalue weighted by atomic mass is 10.3. The maximum Gasteiger partial charge on any atom is 0.239 e. The van der Waals surface area contributed by atoms with Gasteiger partial charge in [0.15, 0.2) is 0 Å². The molecular formula is C14H23N3O. The van der Waals surface area contributed by atoms with Gasteiger partial charge in [-0.2, -0.15) is 4.98 Å². The molecule has 1 aliphatic carbocycles. The van der Waals surface area contributed by atoms with Crippen molar-refractivity contribution in [2.75, 3.05) is 30.8 Å². The number of ether oxygens (including phenoxy) is 1. The highest BCUT2D eigenvalue weighted by atomic mass is 16.5. The molecule has 0 bridgehead atoms. The van der Waals surface area contributed by atoms with Crippen LogP contribution in [0.15, 0.2) is 12.1 Å². The monoisotopic (exact) mass is 249 g/mol. The molecule has 0 radical (unpaired) electrons. The quantitative estimate of drug-likeness (QED) is 0.807. The lowest BCUT2D eigenvalue weighted by Crippen LogP contribution is -2.20. The van der Waals surface area contributed by atoms with Crippen LogP contribution in [0.3, 0.4) is 0 Å². The molecular weight excluding hydrogens is 226 g/mol. The van der Waals surface area contributed by atoms with Crippen molar-refractivity contribution in [2.45, 2.75) is 32.6 Å². The van der Waals surface area contributed by atoms with Gasteiger partial charge in [0.1, 0.15) is 5.82 Å². The Morgan fingerprint density at radius 1 is 1.44 bits per heavy atom. The van der Waals surface area contributed by atoms with E-state index in [-0.39, 0.29) is 0 Å². The molecule has 100 valence electrons. The Bertz CT molecular complexity index is 391. The van der Waals surface area contributed by atoms with Gasteiger partial charge in [-0.05, 0) is 37.3 Å². The molecule has 0 spiro atoms. The van der Waals surface area contributed by atoms with Gasteiger partial charge in [0.2, 0.25) is 5.88 Å². The lowest BCUT2D eigenvalue weighted by molar-refractivity contribution is 0.290. The molecule has 18 heavy (non-hydrogen) atoms. The maximum atomic E-state index is 5.89. The Morgan fingerprint density at radius 2 is 2.22 bits per heavy atom.